The maximum Gasteiger partial charge on any atom is 0.123 e. The summed E-state index contributed by atoms with van der Waals surface area (Å²) < 4.78 is 12.6. The molecule has 0 N–H and O–H groups in total. The van der Waals surface area contributed by atoms with E-state index in [1.807, 2.05) is 12.1 Å². The van der Waals surface area contributed by atoms with Crippen LogP contribution in [0.3, 0.4) is 0 Å². The van der Waals surface area contributed by atoms with E-state index in [-0.39, 0.29) is 5.82 Å². The molecular weight excluding hydrogens is 179 g/mol. The van der Waals surface area contributed by atoms with Crippen LogP contribution in [0.15, 0.2) is 42.6 Å². The minimum Gasteiger partial charge on any atom is -0.207 e. The van der Waals surface area contributed by atoms with Crippen molar-refractivity contribution in [2.45, 2.75) is 6.42 Å². The molecule has 14 heavy (non-hydrogen) atoms. The zero-order valence-corrected chi connectivity index (χ0v) is 7.52. The Kier molecular flexibility index (Phi) is 2.49. The molecule has 0 fully saturated rings. The fourth-order valence-corrected chi connectivity index (χ4v) is 1.24. The first kappa shape index (κ1) is 8.81. The lowest BCUT2D eigenvalue weighted by Gasteiger charge is -1.99. The highest BCUT2D eigenvalue weighted by Gasteiger charge is 1.97. The number of halogens is 1. The minimum atomic E-state index is -0.215. The third-order valence-electron chi connectivity index (χ3n) is 1.93. The largest absolute Gasteiger partial charge is 0.207 e. The Hall–Kier alpha value is -1.77. The van der Waals surface area contributed by atoms with Gasteiger partial charge in [0.15, 0.2) is 0 Å². The maximum absolute atomic E-state index is 12.6. The van der Waals surface area contributed by atoms with Crippen LogP contribution in [-0.4, -0.2) is 10.2 Å². The van der Waals surface area contributed by atoms with Crippen LogP contribution in [0.1, 0.15) is 11.3 Å². The van der Waals surface area contributed by atoms with E-state index in [1.54, 1.807) is 18.3 Å². The minimum absolute atomic E-state index is 0.215. The summed E-state index contributed by atoms with van der Waals surface area (Å²) in [6.45, 7) is 0. The van der Waals surface area contributed by atoms with Crippen LogP contribution >= 0.6 is 0 Å². The fraction of sp³-hybridized carbons (Fsp3) is 0.0909. The number of rotatable bonds is 2. The average Bonchev–Trinajstić information content (AvgIpc) is 2.23. The van der Waals surface area contributed by atoms with Crippen LogP contribution in [-0.2, 0) is 6.42 Å². The van der Waals surface area contributed by atoms with E-state index >= 15 is 0 Å². The van der Waals surface area contributed by atoms with Crippen molar-refractivity contribution in [3.8, 4) is 0 Å². The molecule has 0 aliphatic rings. The lowest BCUT2D eigenvalue weighted by molar-refractivity contribution is 0.627. The maximum atomic E-state index is 12.6. The van der Waals surface area contributed by atoms with E-state index in [0.29, 0.717) is 6.42 Å². The van der Waals surface area contributed by atoms with Crippen molar-refractivity contribution in [1.29, 1.82) is 0 Å². The quantitative estimate of drug-likeness (QED) is 0.722. The monoisotopic (exact) mass is 188 g/mol. The van der Waals surface area contributed by atoms with Gasteiger partial charge in [0.1, 0.15) is 5.82 Å². The van der Waals surface area contributed by atoms with E-state index < -0.39 is 0 Å². The second-order valence-electron chi connectivity index (χ2n) is 3.02. The van der Waals surface area contributed by atoms with Crippen LogP contribution in [0, 0.1) is 5.82 Å². The molecular formula is C11H9FN2. The third kappa shape index (κ3) is 2.13. The normalized spacial score (nSPS) is 10.1. The summed E-state index contributed by atoms with van der Waals surface area (Å²) >= 11 is 0. The van der Waals surface area contributed by atoms with Crippen LogP contribution in [0.25, 0.3) is 0 Å². The van der Waals surface area contributed by atoms with E-state index in [2.05, 4.69) is 10.2 Å². The van der Waals surface area contributed by atoms with Gasteiger partial charge >= 0.3 is 0 Å². The first-order valence-corrected chi connectivity index (χ1v) is 4.35. The zero-order valence-electron chi connectivity index (χ0n) is 7.52. The second kappa shape index (κ2) is 3.96. The van der Waals surface area contributed by atoms with Gasteiger partial charge in [0.05, 0.1) is 5.69 Å². The van der Waals surface area contributed by atoms with Gasteiger partial charge in [-0.3, -0.25) is 0 Å². The van der Waals surface area contributed by atoms with Gasteiger partial charge in [-0.2, -0.15) is 10.2 Å². The van der Waals surface area contributed by atoms with E-state index in [4.69, 9.17) is 0 Å². The van der Waals surface area contributed by atoms with Crippen molar-refractivity contribution in [2.75, 3.05) is 0 Å². The summed E-state index contributed by atoms with van der Waals surface area (Å²) in [6.07, 6.45) is 2.32. The van der Waals surface area contributed by atoms with Gasteiger partial charge in [0.2, 0.25) is 0 Å². The average molecular weight is 188 g/mol. The van der Waals surface area contributed by atoms with Crippen molar-refractivity contribution in [3.63, 3.8) is 0 Å². The van der Waals surface area contributed by atoms with Crippen LogP contribution in [0.4, 0.5) is 4.39 Å². The summed E-state index contributed by atoms with van der Waals surface area (Å²) in [7, 11) is 0. The summed E-state index contributed by atoms with van der Waals surface area (Å²) in [5, 5.41) is 7.73. The predicted octanol–water partition coefficient (Wildman–Crippen LogP) is 2.21. The lowest BCUT2D eigenvalue weighted by Crippen LogP contribution is -1.93. The summed E-state index contributed by atoms with van der Waals surface area (Å²) in [4.78, 5) is 0. The number of hydrogen-bond donors (Lipinski definition) is 0. The van der Waals surface area contributed by atoms with Gasteiger partial charge < -0.3 is 0 Å². The summed E-state index contributed by atoms with van der Waals surface area (Å²) in [5.74, 6) is -0.215. The van der Waals surface area contributed by atoms with Crippen molar-refractivity contribution in [2.24, 2.45) is 0 Å². The molecule has 2 aromatic rings. The Labute approximate surface area is 81.4 Å². The Morgan fingerprint density at radius 1 is 1.07 bits per heavy atom. The predicted molar refractivity (Wildman–Crippen MR) is 51.2 cm³/mol. The van der Waals surface area contributed by atoms with E-state index in [9.17, 15) is 4.39 Å². The highest BCUT2D eigenvalue weighted by atomic mass is 19.1. The molecule has 0 aliphatic carbocycles. The highest BCUT2D eigenvalue weighted by Crippen LogP contribution is 2.07. The van der Waals surface area contributed by atoms with Gasteiger partial charge in [-0.1, -0.05) is 12.1 Å². The van der Waals surface area contributed by atoms with Gasteiger partial charge in [0, 0.05) is 12.6 Å². The molecule has 0 radical (unpaired) electrons. The van der Waals surface area contributed by atoms with Crippen LogP contribution in [0.5, 0.6) is 0 Å². The lowest BCUT2D eigenvalue weighted by atomic mass is 10.1. The fourth-order valence-electron chi connectivity index (χ4n) is 1.24. The molecule has 0 amide bonds. The second-order valence-corrected chi connectivity index (χ2v) is 3.02. The molecule has 0 unspecified atom stereocenters. The molecule has 0 aliphatic heterocycles. The zero-order chi connectivity index (χ0) is 9.80. The molecule has 0 bridgehead atoms. The summed E-state index contributed by atoms with van der Waals surface area (Å²) in [6, 6.07) is 10.1. The molecule has 0 saturated heterocycles. The van der Waals surface area contributed by atoms with Gasteiger partial charge in [-0.05, 0) is 29.8 Å². The SMILES string of the molecule is Fc1ccc(Cc2cccnn2)cc1. The first-order chi connectivity index (χ1) is 6.84. The Morgan fingerprint density at radius 3 is 2.50 bits per heavy atom. The smallest absolute Gasteiger partial charge is 0.123 e. The Bertz CT molecular complexity index is 397. The van der Waals surface area contributed by atoms with Crippen molar-refractivity contribution < 1.29 is 4.39 Å². The van der Waals surface area contributed by atoms with Crippen molar-refractivity contribution in [3.05, 3.63) is 59.7 Å². The van der Waals surface area contributed by atoms with Crippen molar-refractivity contribution in [1.82, 2.24) is 10.2 Å². The molecule has 2 rings (SSSR count). The van der Waals surface area contributed by atoms with Crippen LogP contribution < -0.4 is 0 Å². The van der Waals surface area contributed by atoms with Crippen molar-refractivity contribution >= 4 is 0 Å². The molecule has 70 valence electrons. The number of hydrogen-bond acceptors (Lipinski definition) is 2. The molecule has 1 aromatic heterocycles. The van der Waals surface area contributed by atoms with Crippen LogP contribution in [0.2, 0.25) is 0 Å². The Balaban J connectivity index is 2.16. The molecule has 3 heteroatoms. The molecule has 2 nitrogen and oxygen atoms in total. The van der Waals surface area contributed by atoms with Gasteiger partial charge in [-0.15, -0.1) is 0 Å². The molecule has 1 aromatic carbocycles. The van der Waals surface area contributed by atoms with Gasteiger partial charge in [-0.25, -0.2) is 4.39 Å². The molecule has 0 spiro atoms. The summed E-state index contributed by atoms with van der Waals surface area (Å²) in [5.41, 5.74) is 1.92. The standard InChI is InChI=1S/C11H9FN2/c12-10-5-3-9(4-6-10)8-11-2-1-7-13-14-11/h1-7H,8H2. The number of benzene rings is 1. The molecule has 0 saturated carbocycles. The number of nitrogens with zero attached hydrogens (tertiary/aromatic N) is 2. The highest BCUT2D eigenvalue weighted by molar-refractivity contribution is 5.21. The molecule has 0 atom stereocenters. The van der Waals surface area contributed by atoms with E-state index in [1.165, 1.54) is 12.1 Å². The van der Waals surface area contributed by atoms with Gasteiger partial charge in [0.25, 0.3) is 0 Å². The Morgan fingerprint density at radius 2 is 1.86 bits per heavy atom. The first-order valence-electron chi connectivity index (χ1n) is 4.35. The van der Waals surface area contributed by atoms with E-state index in [0.717, 1.165) is 11.3 Å². The third-order valence-corrected chi connectivity index (χ3v) is 1.93. The molecule has 1 heterocycles. The number of aromatic nitrogens is 2. The topological polar surface area (TPSA) is 25.8 Å².